The molecule has 1 aromatic carbocycles. The van der Waals surface area contributed by atoms with Gasteiger partial charge < -0.3 is 14.4 Å². The lowest BCUT2D eigenvalue weighted by atomic mass is 10.1. The van der Waals surface area contributed by atoms with Crippen LogP contribution in [0.15, 0.2) is 18.2 Å². The zero-order valence-corrected chi connectivity index (χ0v) is 14.3. The minimum absolute atomic E-state index is 0.0232. The lowest BCUT2D eigenvalue weighted by molar-refractivity contribution is -0.128. The molecule has 1 amide bonds. The number of ether oxygens (including phenoxy) is 2. The van der Waals surface area contributed by atoms with Crippen LogP contribution >= 0.6 is 0 Å². The third-order valence-electron chi connectivity index (χ3n) is 3.67. The van der Waals surface area contributed by atoms with Gasteiger partial charge in [0.2, 0.25) is 5.91 Å². The molecule has 0 spiro atoms. The minimum Gasteiger partial charge on any atom is -0.497 e. The maximum absolute atomic E-state index is 12.1. The summed E-state index contributed by atoms with van der Waals surface area (Å²) in [7, 11) is -0.351. The monoisotopic (exact) mass is 343 g/mol. The summed E-state index contributed by atoms with van der Waals surface area (Å²) in [6.45, 7) is 0.895. The molecule has 0 aromatic heterocycles. The van der Waals surface area contributed by atoms with Gasteiger partial charge in [-0.05, 0) is 12.1 Å². The maximum atomic E-state index is 12.1. The highest BCUT2D eigenvalue weighted by Crippen LogP contribution is 2.28. The molecule has 2 rings (SSSR count). The Bertz CT molecular complexity index is 673. The first-order chi connectivity index (χ1) is 10.8. The predicted octanol–water partition coefficient (Wildman–Crippen LogP) is 1.03. The molecule has 1 heterocycles. The van der Waals surface area contributed by atoms with Gasteiger partial charge in [-0.1, -0.05) is 0 Å². The first kappa shape index (κ1) is 17.6. The van der Waals surface area contributed by atoms with Crippen molar-refractivity contribution in [3.8, 4) is 11.5 Å². The van der Waals surface area contributed by atoms with Crippen LogP contribution in [0.5, 0.6) is 11.5 Å². The number of benzene rings is 1. The molecule has 1 fully saturated rings. The smallest absolute Gasteiger partial charge is 0.264 e. The molecular weight excluding hydrogens is 322 g/mol. The van der Waals surface area contributed by atoms with Crippen LogP contribution in [-0.2, 0) is 25.6 Å². The highest BCUT2D eigenvalue weighted by atomic mass is 32.2. The van der Waals surface area contributed by atoms with E-state index in [-0.39, 0.29) is 24.9 Å². The lowest BCUT2D eigenvalue weighted by Gasteiger charge is -2.19. The first-order valence-corrected chi connectivity index (χ1v) is 8.97. The van der Waals surface area contributed by atoms with Gasteiger partial charge in [0, 0.05) is 37.1 Å². The SMILES string of the molecule is COc1ccc(CN2CC(COS(C)(=O)=O)CC2=O)c(OC)c1. The number of methoxy groups -OCH3 is 2. The normalized spacial score (nSPS) is 18.3. The van der Waals surface area contributed by atoms with Crippen molar-refractivity contribution in [1.29, 1.82) is 0 Å². The van der Waals surface area contributed by atoms with Crippen molar-refractivity contribution in [1.82, 2.24) is 4.90 Å². The number of nitrogens with zero attached hydrogens (tertiary/aromatic N) is 1. The van der Waals surface area contributed by atoms with Crippen LogP contribution in [0, 0.1) is 5.92 Å². The Morgan fingerprint density at radius 1 is 1.26 bits per heavy atom. The van der Waals surface area contributed by atoms with E-state index in [9.17, 15) is 13.2 Å². The average Bonchev–Trinajstić information content (AvgIpc) is 2.85. The average molecular weight is 343 g/mol. The van der Waals surface area contributed by atoms with Gasteiger partial charge >= 0.3 is 0 Å². The molecule has 0 bridgehead atoms. The third kappa shape index (κ3) is 4.84. The summed E-state index contributed by atoms with van der Waals surface area (Å²) >= 11 is 0. The van der Waals surface area contributed by atoms with E-state index >= 15 is 0 Å². The van der Waals surface area contributed by atoms with Crippen LogP contribution in [0.1, 0.15) is 12.0 Å². The second-order valence-corrected chi connectivity index (χ2v) is 7.15. The van der Waals surface area contributed by atoms with E-state index in [1.807, 2.05) is 12.1 Å². The number of hydrogen-bond acceptors (Lipinski definition) is 6. The fourth-order valence-electron chi connectivity index (χ4n) is 2.53. The molecular formula is C15H21NO6S. The Morgan fingerprint density at radius 2 is 2.00 bits per heavy atom. The standard InChI is InChI=1S/C15H21NO6S/c1-20-13-5-4-12(14(7-13)21-2)9-16-8-11(6-15(16)17)10-22-23(3,18)19/h4-5,7,11H,6,8-10H2,1-3H3. The van der Waals surface area contributed by atoms with E-state index in [2.05, 4.69) is 0 Å². The lowest BCUT2D eigenvalue weighted by Crippen LogP contribution is -2.25. The third-order valence-corrected chi connectivity index (χ3v) is 4.23. The van der Waals surface area contributed by atoms with E-state index < -0.39 is 10.1 Å². The first-order valence-electron chi connectivity index (χ1n) is 7.15. The number of rotatable bonds is 7. The quantitative estimate of drug-likeness (QED) is 0.688. The Morgan fingerprint density at radius 3 is 2.61 bits per heavy atom. The van der Waals surface area contributed by atoms with Gasteiger partial charge in [-0.3, -0.25) is 8.98 Å². The second kappa shape index (κ2) is 7.18. The second-order valence-electron chi connectivity index (χ2n) is 5.51. The Balaban J connectivity index is 2.02. The fourth-order valence-corrected chi connectivity index (χ4v) is 2.97. The molecule has 128 valence electrons. The zero-order chi connectivity index (χ0) is 17.0. The molecule has 1 saturated heterocycles. The molecule has 1 unspecified atom stereocenters. The molecule has 1 atom stereocenters. The van der Waals surface area contributed by atoms with Crippen molar-refractivity contribution < 1.29 is 26.9 Å². The van der Waals surface area contributed by atoms with Gasteiger partial charge in [-0.2, -0.15) is 8.42 Å². The van der Waals surface area contributed by atoms with Crippen molar-refractivity contribution >= 4 is 16.0 Å². The van der Waals surface area contributed by atoms with Crippen molar-refractivity contribution in [2.24, 2.45) is 5.92 Å². The summed E-state index contributed by atoms with van der Waals surface area (Å²) in [6, 6.07) is 5.42. The molecule has 1 aliphatic rings. The zero-order valence-electron chi connectivity index (χ0n) is 13.4. The van der Waals surface area contributed by atoms with Crippen molar-refractivity contribution in [2.45, 2.75) is 13.0 Å². The Hall–Kier alpha value is -1.80. The van der Waals surface area contributed by atoms with Gasteiger partial charge in [-0.15, -0.1) is 0 Å². The molecule has 23 heavy (non-hydrogen) atoms. The molecule has 0 aliphatic carbocycles. The van der Waals surface area contributed by atoms with E-state index in [1.165, 1.54) is 0 Å². The van der Waals surface area contributed by atoms with E-state index in [4.69, 9.17) is 13.7 Å². The van der Waals surface area contributed by atoms with Gasteiger partial charge in [0.1, 0.15) is 11.5 Å². The van der Waals surface area contributed by atoms with Gasteiger partial charge in [0.15, 0.2) is 0 Å². The number of likely N-dealkylation sites (tertiary alicyclic amines) is 1. The van der Waals surface area contributed by atoms with Crippen LogP contribution in [0.4, 0.5) is 0 Å². The fraction of sp³-hybridized carbons (Fsp3) is 0.533. The van der Waals surface area contributed by atoms with Crippen molar-refractivity contribution in [2.75, 3.05) is 33.6 Å². The van der Waals surface area contributed by atoms with Crippen LogP contribution in [-0.4, -0.2) is 52.9 Å². The van der Waals surface area contributed by atoms with Crippen LogP contribution in [0.25, 0.3) is 0 Å². The minimum atomic E-state index is -3.49. The van der Waals surface area contributed by atoms with Crippen molar-refractivity contribution in [3.63, 3.8) is 0 Å². The Labute approximate surface area is 136 Å². The van der Waals surface area contributed by atoms with Gasteiger partial charge in [0.05, 0.1) is 27.1 Å². The predicted molar refractivity (Wildman–Crippen MR) is 83.9 cm³/mol. The summed E-state index contributed by atoms with van der Waals surface area (Å²) in [6.07, 6.45) is 1.29. The van der Waals surface area contributed by atoms with Crippen LogP contribution in [0.2, 0.25) is 0 Å². The summed E-state index contributed by atoms with van der Waals surface area (Å²) in [4.78, 5) is 13.8. The number of amides is 1. The van der Waals surface area contributed by atoms with E-state index in [0.717, 1.165) is 11.8 Å². The van der Waals surface area contributed by atoms with E-state index in [0.29, 0.717) is 24.6 Å². The molecule has 1 aromatic rings. The van der Waals surface area contributed by atoms with Gasteiger partial charge in [0.25, 0.3) is 10.1 Å². The molecule has 7 nitrogen and oxygen atoms in total. The number of carbonyl (C=O) groups excluding carboxylic acids is 1. The van der Waals surface area contributed by atoms with Crippen LogP contribution in [0.3, 0.4) is 0 Å². The summed E-state index contributed by atoms with van der Waals surface area (Å²) in [5.41, 5.74) is 0.867. The molecule has 0 saturated carbocycles. The highest BCUT2D eigenvalue weighted by molar-refractivity contribution is 7.85. The van der Waals surface area contributed by atoms with Crippen LogP contribution < -0.4 is 9.47 Å². The van der Waals surface area contributed by atoms with Gasteiger partial charge in [-0.25, -0.2) is 0 Å². The molecule has 0 N–H and O–H groups in total. The molecule has 8 heteroatoms. The number of carbonyl (C=O) groups is 1. The number of hydrogen-bond donors (Lipinski definition) is 0. The van der Waals surface area contributed by atoms with E-state index in [1.54, 1.807) is 25.2 Å². The maximum Gasteiger partial charge on any atom is 0.264 e. The Kier molecular flexibility index (Phi) is 5.48. The van der Waals surface area contributed by atoms with Crippen molar-refractivity contribution in [3.05, 3.63) is 23.8 Å². The topological polar surface area (TPSA) is 82.1 Å². The largest absolute Gasteiger partial charge is 0.497 e. The molecule has 0 radical (unpaired) electrons. The summed E-state index contributed by atoms with van der Waals surface area (Å²) in [5, 5.41) is 0. The molecule has 1 aliphatic heterocycles. The summed E-state index contributed by atoms with van der Waals surface area (Å²) < 4.78 is 37.3. The summed E-state index contributed by atoms with van der Waals surface area (Å²) in [5.74, 6) is 1.18. The highest BCUT2D eigenvalue weighted by Gasteiger charge is 2.31.